The predicted molar refractivity (Wildman–Crippen MR) is 56.9 cm³/mol. The van der Waals surface area contributed by atoms with Gasteiger partial charge in [0.05, 0.1) is 17.6 Å². The van der Waals surface area contributed by atoms with E-state index < -0.39 is 4.92 Å². The van der Waals surface area contributed by atoms with Gasteiger partial charge < -0.3 is 10.5 Å². The second kappa shape index (κ2) is 4.09. The van der Waals surface area contributed by atoms with Gasteiger partial charge in [-0.05, 0) is 13.3 Å². The highest BCUT2D eigenvalue weighted by atomic mass is 16.6. The van der Waals surface area contributed by atoms with E-state index in [2.05, 4.69) is 5.10 Å². The molecule has 0 aliphatic carbocycles. The Kier molecular flexibility index (Phi) is 2.78. The molecular weight excluding hydrogens is 212 g/mol. The largest absolute Gasteiger partial charge is 0.381 e. The second-order valence-corrected chi connectivity index (χ2v) is 3.98. The molecule has 1 saturated heterocycles. The van der Waals surface area contributed by atoms with Crippen molar-refractivity contribution in [1.82, 2.24) is 9.78 Å². The number of ether oxygens (including phenoxy) is 1. The molecule has 88 valence electrons. The van der Waals surface area contributed by atoms with Crippen LogP contribution in [0, 0.1) is 16.0 Å². The zero-order valence-electron chi connectivity index (χ0n) is 9.00. The van der Waals surface area contributed by atoms with Gasteiger partial charge in [0.2, 0.25) is 5.82 Å². The fraction of sp³-hybridized carbons (Fsp3) is 0.667. The smallest absolute Gasteiger partial charge is 0.330 e. The minimum Gasteiger partial charge on any atom is -0.381 e. The molecule has 7 heteroatoms. The van der Waals surface area contributed by atoms with Crippen molar-refractivity contribution in [2.24, 2.45) is 5.92 Å². The maximum absolute atomic E-state index is 10.6. The van der Waals surface area contributed by atoms with Gasteiger partial charge in [-0.3, -0.25) is 10.1 Å². The van der Waals surface area contributed by atoms with Crippen molar-refractivity contribution in [1.29, 1.82) is 0 Å². The summed E-state index contributed by atoms with van der Waals surface area (Å²) in [4.78, 5) is 10.1. The lowest BCUT2D eigenvalue weighted by molar-refractivity contribution is -0.384. The van der Waals surface area contributed by atoms with Crippen LogP contribution in [0.15, 0.2) is 6.20 Å². The van der Waals surface area contributed by atoms with E-state index in [9.17, 15) is 10.1 Å². The van der Waals surface area contributed by atoms with Gasteiger partial charge in [-0.2, -0.15) is 5.10 Å². The van der Waals surface area contributed by atoms with E-state index in [1.807, 2.05) is 6.92 Å². The summed E-state index contributed by atoms with van der Waals surface area (Å²) in [5.41, 5.74) is 5.56. The average Bonchev–Trinajstić information content (AvgIpc) is 2.84. The van der Waals surface area contributed by atoms with Gasteiger partial charge in [0.1, 0.15) is 6.20 Å². The third-order valence-corrected chi connectivity index (χ3v) is 3.04. The van der Waals surface area contributed by atoms with Crippen molar-refractivity contribution >= 4 is 11.5 Å². The predicted octanol–water partition coefficient (Wildman–Crippen LogP) is 0.971. The van der Waals surface area contributed by atoms with Gasteiger partial charge in [-0.25, -0.2) is 4.68 Å². The van der Waals surface area contributed by atoms with Crippen LogP contribution in [-0.4, -0.2) is 27.9 Å². The third kappa shape index (κ3) is 1.73. The van der Waals surface area contributed by atoms with Gasteiger partial charge >= 0.3 is 5.69 Å². The molecule has 0 amide bonds. The molecule has 2 atom stereocenters. The summed E-state index contributed by atoms with van der Waals surface area (Å²) in [6.45, 7) is 3.35. The van der Waals surface area contributed by atoms with Crippen molar-refractivity contribution in [3.63, 3.8) is 0 Å². The van der Waals surface area contributed by atoms with Crippen molar-refractivity contribution in [2.45, 2.75) is 19.4 Å². The Morgan fingerprint density at radius 2 is 2.56 bits per heavy atom. The molecular formula is C9H14N4O3. The molecule has 1 aliphatic rings. The Labute approximate surface area is 92.3 Å². The quantitative estimate of drug-likeness (QED) is 0.612. The number of rotatable bonds is 3. The lowest BCUT2D eigenvalue weighted by Gasteiger charge is -2.18. The first kappa shape index (κ1) is 10.9. The Morgan fingerprint density at radius 1 is 1.81 bits per heavy atom. The van der Waals surface area contributed by atoms with Gasteiger partial charge in [-0.1, -0.05) is 0 Å². The van der Waals surface area contributed by atoms with E-state index in [4.69, 9.17) is 10.5 Å². The fourth-order valence-corrected chi connectivity index (χ4v) is 1.96. The van der Waals surface area contributed by atoms with Crippen LogP contribution < -0.4 is 5.73 Å². The zero-order chi connectivity index (χ0) is 11.7. The summed E-state index contributed by atoms with van der Waals surface area (Å²) in [6, 6.07) is 0.0243. The number of nitrogens with zero attached hydrogens (tertiary/aromatic N) is 3. The molecule has 1 aromatic heterocycles. The number of anilines is 1. The maximum atomic E-state index is 10.6. The number of nitrogens with two attached hydrogens (primary N) is 1. The molecule has 2 heterocycles. The van der Waals surface area contributed by atoms with Crippen LogP contribution in [0.5, 0.6) is 0 Å². The summed E-state index contributed by atoms with van der Waals surface area (Å²) in [7, 11) is 0. The zero-order valence-corrected chi connectivity index (χ0v) is 9.00. The molecule has 0 saturated carbocycles. The van der Waals surface area contributed by atoms with Crippen LogP contribution in [0.25, 0.3) is 0 Å². The highest BCUT2D eigenvalue weighted by Gasteiger charge is 2.28. The minimum atomic E-state index is -0.517. The van der Waals surface area contributed by atoms with Crippen LogP contribution in [-0.2, 0) is 4.74 Å². The van der Waals surface area contributed by atoms with Crippen molar-refractivity contribution in [2.75, 3.05) is 18.9 Å². The highest BCUT2D eigenvalue weighted by Crippen LogP contribution is 2.30. The normalized spacial score (nSPS) is 22.2. The molecule has 0 bridgehead atoms. The van der Waals surface area contributed by atoms with E-state index in [-0.39, 0.29) is 17.5 Å². The summed E-state index contributed by atoms with van der Waals surface area (Å²) in [5.74, 6) is 0.436. The Morgan fingerprint density at radius 3 is 3.06 bits per heavy atom. The molecule has 1 fully saturated rings. The number of nitrogen functional groups attached to an aromatic ring is 1. The summed E-state index contributed by atoms with van der Waals surface area (Å²) in [5, 5.41) is 14.6. The molecule has 0 radical (unpaired) electrons. The number of hydrogen-bond acceptors (Lipinski definition) is 5. The first-order valence-corrected chi connectivity index (χ1v) is 5.16. The summed E-state index contributed by atoms with van der Waals surface area (Å²) in [6.07, 6.45) is 2.13. The Hall–Kier alpha value is -1.63. The Bertz CT molecular complexity index is 397. The lowest BCUT2D eigenvalue weighted by atomic mass is 10.0. The van der Waals surface area contributed by atoms with Crippen LogP contribution in [0.4, 0.5) is 11.5 Å². The van der Waals surface area contributed by atoms with Crippen LogP contribution in [0.3, 0.4) is 0 Å². The van der Waals surface area contributed by atoms with E-state index >= 15 is 0 Å². The van der Waals surface area contributed by atoms with Gasteiger partial charge in [0.15, 0.2) is 0 Å². The molecule has 7 nitrogen and oxygen atoms in total. The molecule has 16 heavy (non-hydrogen) atoms. The third-order valence-electron chi connectivity index (χ3n) is 3.04. The SMILES string of the molecule is CC(C1CCOC1)n1ncc([N+](=O)[O-])c1N. The standard InChI is InChI=1S/C9H14N4O3/c1-6(7-2-3-16-5-7)12-9(10)8(4-11-12)13(14)15/h4,6-7H,2-3,5,10H2,1H3. The molecule has 2 unspecified atom stereocenters. The molecule has 0 spiro atoms. The van der Waals surface area contributed by atoms with Gasteiger partial charge in [0.25, 0.3) is 0 Å². The lowest BCUT2D eigenvalue weighted by Crippen LogP contribution is -2.19. The monoisotopic (exact) mass is 226 g/mol. The van der Waals surface area contributed by atoms with Crippen LogP contribution in [0.1, 0.15) is 19.4 Å². The van der Waals surface area contributed by atoms with Gasteiger partial charge in [0, 0.05) is 12.5 Å². The fourth-order valence-electron chi connectivity index (χ4n) is 1.96. The van der Waals surface area contributed by atoms with E-state index in [1.54, 1.807) is 0 Å². The van der Waals surface area contributed by atoms with Crippen molar-refractivity contribution in [3.8, 4) is 0 Å². The topological polar surface area (TPSA) is 96.2 Å². The molecule has 2 N–H and O–H groups in total. The van der Waals surface area contributed by atoms with Crippen LogP contribution in [0.2, 0.25) is 0 Å². The van der Waals surface area contributed by atoms with Gasteiger partial charge in [-0.15, -0.1) is 0 Å². The van der Waals surface area contributed by atoms with E-state index in [0.29, 0.717) is 12.5 Å². The number of aromatic nitrogens is 2. The maximum Gasteiger partial charge on any atom is 0.330 e. The van der Waals surface area contributed by atoms with E-state index in [1.165, 1.54) is 10.9 Å². The minimum absolute atomic E-state index is 0.0243. The summed E-state index contributed by atoms with van der Waals surface area (Å²) < 4.78 is 6.79. The Balaban J connectivity index is 2.23. The molecule has 0 aromatic carbocycles. The second-order valence-electron chi connectivity index (χ2n) is 3.98. The number of hydrogen-bond donors (Lipinski definition) is 1. The first-order chi connectivity index (χ1) is 7.61. The molecule has 1 aliphatic heterocycles. The highest BCUT2D eigenvalue weighted by molar-refractivity contribution is 5.51. The van der Waals surface area contributed by atoms with Crippen LogP contribution >= 0.6 is 0 Å². The average molecular weight is 226 g/mol. The molecule has 1 aromatic rings. The van der Waals surface area contributed by atoms with Crippen molar-refractivity contribution in [3.05, 3.63) is 16.3 Å². The van der Waals surface area contributed by atoms with E-state index in [0.717, 1.165) is 13.0 Å². The van der Waals surface area contributed by atoms with Crippen molar-refractivity contribution < 1.29 is 9.66 Å². The molecule has 2 rings (SSSR count). The number of nitro groups is 1. The first-order valence-electron chi connectivity index (χ1n) is 5.16. The summed E-state index contributed by atoms with van der Waals surface area (Å²) >= 11 is 0.